The van der Waals surface area contributed by atoms with Crippen LogP contribution in [0.3, 0.4) is 0 Å². The average Bonchev–Trinajstić information content (AvgIpc) is 2.25. The summed E-state index contributed by atoms with van der Waals surface area (Å²) < 4.78 is 0. The Balaban J connectivity index is 3.27. The van der Waals surface area contributed by atoms with E-state index in [1.807, 2.05) is 20.2 Å². The zero-order valence-corrected chi connectivity index (χ0v) is 8.73. The van der Waals surface area contributed by atoms with Crippen LogP contribution in [-0.4, -0.2) is 19.0 Å². The molecule has 0 aliphatic heterocycles. The van der Waals surface area contributed by atoms with Gasteiger partial charge in [-0.05, 0) is 6.07 Å². The highest BCUT2D eigenvalue weighted by Crippen LogP contribution is 2.17. The number of rotatable bonds is 2. The van der Waals surface area contributed by atoms with Gasteiger partial charge in [0.1, 0.15) is 6.07 Å². The van der Waals surface area contributed by atoms with Crippen molar-refractivity contribution in [2.45, 2.75) is 0 Å². The number of nitrogens with zero attached hydrogens (tertiary/aromatic N) is 3. The molecule has 0 spiro atoms. The molecule has 15 heavy (non-hydrogen) atoms. The molecule has 1 rings (SSSR count). The van der Waals surface area contributed by atoms with E-state index in [0.29, 0.717) is 16.7 Å². The van der Waals surface area contributed by atoms with Gasteiger partial charge < -0.3 is 4.90 Å². The molecule has 3 heteroatoms. The van der Waals surface area contributed by atoms with E-state index in [2.05, 4.69) is 12.1 Å². The third kappa shape index (κ3) is 2.59. The van der Waals surface area contributed by atoms with E-state index in [4.69, 9.17) is 10.5 Å². The van der Waals surface area contributed by atoms with Crippen LogP contribution < -0.4 is 0 Å². The lowest BCUT2D eigenvalue weighted by molar-refractivity contribution is 0.566. The Morgan fingerprint density at radius 3 is 2.47 bits per heavy atom. The van der Waals surface area contributed by atoms with Crippen LogP contribution in [0.5, 0.6) is 0 Å². The average molecular weight is 197 g/mol. The minimum atomic E-state index is 0.497. The van der Waals surface area contributed by atoms with E-state index >= 15 is 0 Å². The van der Waals surface area contributed by atoms with Crippen LogP contribution in [0.15, 0.2) is 30.5 Å². The fourth-order valence-electron chi connectivity index (χ4n) is 1.23. The van der Waals surface area contributed by atoms with Crippen LogP contribution in [0.25, 0.3) is 5.57 Å². The molecule has 74 valence electrons. The Labute approximate surface area is 89.5 Å². The summed E-state index contributed by atoms with van der Waals surface area (Å²) in [4.78, 5) is 1.78. The van der Waals surface area contributed by atoms with Crippen molar-refractivity contribution in [2.24, 2.45) is 0 Å². The molecule has 0 amide bonds. The van der Waals surface area contributed by atoms with Gasteiger partial charge in [-0.25, -0.2) is 0 Å². The molecule has 0 saturated heterocycles. The van der Waals surface area contributed by atoms with E-state index in [9.17, 15) is 0 Å². The second-order valence-corrected chi connectivity index (χ2v) is 3.28. The van der Waals surface area contributed by atoms with Crippen LogP contribution in [0.2, 0.25) is 0 Å². The first-order valence-corrected chi connectivity index (χ1v) is 4.47. The Hall–Kier alpha value is -2.26. The lowest BCUT2D eigenvalue weighted by Crippen LogP contribution is -2.02. The molecule has 0 fully saturated rings. The zero-order chi connectivity index (χ0) is 11.3. The molecule has 0 N–H and O–H groups in total. The van der Waals surface area contributed by atoms with Gasteiger partial charge in [0, 0.05) is 25.9 Å². The fourth-order valence-corrected chi connectivity index (χ4v) is 1.23. The van der Waals surface area contributed by atoms with Gasteiger partial charge in [-0.3, -0.25) is 0 Å². The van der Waals surface area contributed by atoms with Crippen LogP contribution in [0.1, 0.15) is 11.1 Å². The Morgan fingerprint density at radius 2 is 1.93 bits per heavy atom. The van der Waals surface area contributed by atoms with Crippen molar-refractivity contribution < 1.29 is 0 Å². The molecule has 0 heterocycles. The van der Waals surface area contributed by atoms with Crippen LogP contribution >= 0.6 is 0 Å². The van der Waals surface area contributed by atoms with Crippen molar-refractivity contribution in [3.63, 3.8) is 0 Å². The van der Waals surface area contributed by atoms with Gasteiger partial charge in [-0.1, -0.05) is 18.2 Å². The van der Waals surface area contributed by atoms with Gasteiger partial charge in [0.05, 0.1) is 17.2 Å². The number of allylic oxidation sites excluding steroid dienone is 1. The second-order valence-electron chi connectivity index (χ2n) is 3.28. The van der Waals surface area contributed by atoms with Gasteiger partial charge in [0.25, 0.3) is 0 Å². The molecule has 0 aliphatic carbocycles. The van der Waals surface area contributed by atoms with Gasteiger partial charge in [0.2, 0.25) is 0 Å². The van der Waals surface area contributed by atoms with E-state index in [-0.39, 0.29) is 0 Å². The van der Waals surface area contributed by atoms with Crippen molar-refractivity contribution in [3.8, 4) is 12.1 Å². The Kier molecular flexibility index (Phi) is 3.49. The fraction of sp³-hybridized carbons (Fsp3) is 0.167. The third-order valence-corrected chi connectivity index (χ3v) is 1.85. The van der Waals surface area contributed by atoms with Gasteiger partial charge in [0.15, 0.2) is 0 Å². The molecule has 0 saturated carbocycles. The van der Waals surface area contributed by atoms with E-state index in [1.165, 1.54) is 0 Å². The number of hydrogen-bond donors (Lipinski definition) is 0. The van der Waals surface area contributed by atoms with Crippen LogP contribution in [0.4, 0.5) is 0 Å². The van der Waals surface area contributed by atoms with Crippen LogP contribution in [0, 0.1) is 22.7 Å². The van der Waals surface area contributed by atoms with Gasteiger partial charge in [-0.2, -0.15) is 10.5 Å². The van der Waals surface area contributed by atoms with Crippen LogP contribution in [-0.2, 0) is 0 Å². The topological polar surface area (TPSA) is 50.8 Å². The van der Waals surface area contributed by atoms with E-state index in [1.54, 1.807) is 29.3 Å². The number of hydrogen-bond acceptors (Lipinski definition) is 3. The minimum absolute atomic E-state index is 0.497. The maximum Gasteiger partial charge on any atom is 0.101 e. The van der Waals surface area contributed by atoms with Crippen molar-refractivity contribution in [1.82, 2.24) is 4.90 Å². The summed E-state index contributed by atoms with van der Waals surface area (Å²) in [7, 11) is 3.68. The second kappa shape index (κ2) is 4.83. The molecule has 0 bridgehead atoms. The van der Waals surface area contributed by atoms with Crippen molar-refractivity contribution >= 4 is 5.57 Å². The first kappa shape index (κ1) is 10.8. The van der Waals surface area contributed by atoms with Crippen molar-refractivity contribution in [2.75, 3.05) is 14.1 Å². The summed E-state index contributed by atoms with van der Waals surface area (Å²) in [5.41, 5.74) is 1.69. The lowest BCUT2D eigenvalue weighted by Gasteiger charge is -2.07. The van der Waals surface area contributed by atoms with Crippen molar-refractivity contribution in [3.05, 3.63) is 41.6 Å². The highest BCUT2D eigenvalue weighted by atomic mass is 15.0. The van der Waals surface area contributed by atoms with E-state index < -0.39 is 0 Å². The Bertz CT molecular complexity index is 458. The number of benzene rings is 1. The molecule has 0 aliphatic rings. The lowest BCUT2D eigenvalue weighted by atomic mass is 10.0. The quantitative estimate of drug-likeness (QED) is 0.681. The SMILES string of the molecule is CN(C)/C=C(/C#N)c1ccccc1C#N. The molecular weight excluding hydrogens is 186 g/mol. The first-order valence-electron chi connectivity index (χ1n) is 4.47. The predicted octanol–water partition coefficient (Wildman–Crippen LogP) is 1.98. The third-order valence-electron chi connectivity index (χ3n) is 1.85. The molecule has 0 radical (unpaired) electrons. The summed E-state index contributed by atoms with van der Waals surface area (Å²) >= 11 is 0. The zero-order valence-electron chi connectivity index (χ0n) is 8.73. The highest BCUT2D eigenvalue weighted by Gasteiger charge is 2.06. The van der Waals surface area contributed by atoms with Gasteiger partial charge in [-0.15, -0.1) is 0 Å². The monoisotopic (exact) mass is 197 g/mol. The Morgan fingerprint density at radius 1 is 1.27 bits per heavy atom. The highest BCUT2D eigenvalue weighted by molar-refractivity contribution is 5.79. The molecule has 0 unspecified atom stereocenters. The summed E-state index contributed by atoms with van der Waals surface area (Å²) in [6.45, 7) is 0. The van der Waals surface area contributed by atoms with Gasteiger partial charge >= 0.3 is 0 Å². The summed E-state index contributed by atoms with van der Waals surface area (Å²) in [6.07, 6.45) is 1.70. The molecule has 3 nitrogen and oxygen atoms in total. The molecule has 1 aromatic rings. The van der Waals surface area contributed by atoms with Crippen molar-refractivity contribution in [1.29, 1.82) is 10.5 Å². The molecule has 0 aromatic heterocycles. The molecular formula is C12H11N3. The maximum absolute atomic E-state index is 8.99. The molecule has 0 atom stereocenters. The smallest absolute Gasteiger partial charge is 0.101 e. The normalized spacial score (nSPS) is 10.3. The minimum Gasteiger partial charge on any atom is -0.382 e. The van der Waals surface area contributed by atoms with E-state index in [0.717, 1.165) is 0 Å². The number of nitriles is 2. The predicted molar refractivity (Wildman–Crippen MR) is 58.4 cm³/mol. The summed E-state index contributed by atoms with van der Waals surface area (Å²) in [5.74, 6) is 0. The molecule has 1 aromatic carbocycles. The standard InChI is InChI=1S/C12H11N3/c1-15(2)9-11(8-14)12-6-4-3-5-10(12)7-13/h3-6,9H,1-2H3/b11-9-. The largest absolute Gasteiger partial charge is 0.382 e. The summed E-state index contributed by atoms with van der Waals surface area (Å²) in [6, 6.07) is 11.2. The maximum atomic E-state index is 8.99. The first-order chi connectivity index (χ1) is 7.19. The summed E-state index contributed by atoms with van der Waals surface area (Å²) in [5, 5.41) is 17.9.